The molecule has 0 bridgehead atoms. The Hall–Kier alpha value is -4.48. The van der Waals surface area contributed by atoms with Crippen molar-refractivity contribution in [3.05, 3.63) is 132 Å². The molecule has 0 aliphatic heterocycles. The fourth-order valence-corrected chi connectivity index (χ4v) is 7.09. The topological polar surface area (TPSA) is 38.9 Å². The van der Waals surface area contributed by atoms with Gasteiger partial charge in [0.25, 0.3) is 0 Å². The Bertz CT molecular complexity index is 2840. The molecule has 1 radical (unpaired) electrons. The van der Waals surface area contributed by atoms with Gasteiger partial charge in [0.15, 0.2) is 0 Å². The molecule has 0 aliphatic carbocycles. The second-order valence-electron chi connectivity index (χ2n) is 12.6. The zero-order valence-corrected chi connectivity index (χ0v) is 29.4. The van der Waals surface area contributed by atoms with E-state index in [1.807, 2.05) is 30.3 Å². The van der Waals surface area contributed by atoms with Crippen LogP contribution in [0.1, 0.15) is 38.8 Å². The van der Waals surface area contributed by atoms with Crippen LogP contribution in [-0.4, -0.2) is 9.97 Å². The maximum Gasteiger partial charge on any atom is 0.121 e. The van der Waals surface area contributed by atoms with Gasteiger partial charge in [-0.15, -0.1) is 35.7 Å². The van der Waals surface area contributed by atoms with Crippen LogP contribution in [0.5, 0.6) is 0 Å². The Balaban J connectivity index is 0.000000242. The van der Waals surface area contributed by atoms with Gasteiger partial charge in [-0.05, 0) is 69.6 Å². The summed E-state index contributed by atoms with van der Waals surface area (Å²) in [6.45, 7) is 2.78. The Kier molecular flexibility index (Phi) is 6.90. The van der Waals surface area contributed by atoms with E-state index in [2.05, 4.69) is 58.5 Å². The molecule has 5 aromatic carbocycles. The molecule has 0 spiro atoms. The summed E-state index contributed by atoms with van der Waals surface area (Å²) in [7, 11) is 0. The van der Waals surface area contributed by atoms with Gasteiger partial charge in [0.1, 0.15) is 5.58 Å². The first kappa shape index (κ1) is 26.5. The summed E-state index contributed by atoms with van der Waals surface area (Å²) < 4.78 is 63.0. The third-order valence-corrected chi connectivity index (χ3v) is 9.15. The van der Waals surface area contributed by atoms with E-state index in [1.165, 1.54) is 18.3 Å². The molecular formula is C42H31FIrN2OS-2. The number of pyridine rings is 2. The standard InChI is InChI=1S/C31H26NO.C11H5FNS.Ir/c1-19-18-32-28(15-22(19)17-31(2,3)4)25-11-7-10-24-27-14-21-13-12-20-8-5-6-9-23(20)26(21)16-29(27)33-30(24)25;12-7-3-4-8-10(6-7)14-9-2-1-5-13-11(8)9;/h5-10,12-16,18H,17H2,1-4H3;1-3,5-6H;/q2*-1;/i1D3,17D2;;. The normalized spacial score (nSPS) is 13.9. The summed E-state index contributed by atoms with van der Waals surface area (Å²) in [6, 6.07) is 34.8. The van der Waals surface area contributed by atoms with E-state index in [-0.39, 0.29) is 37.0 Å². The molecule has 0 atom stereocenters. The Morgan fingerprint density at radius 2 is 1.73 bits per heavy atom. The Morgan fingerprint density at radius 3 is 2.58 bits per heavy atom. The molecule has 48 heavy (non-hydrogen) atoms. The maximum absolute atomic E-state index is 12.9. The van der Waals surface area contributed by atoms with Crippen LogP contribution in [0.4, 0.5) is 4.39 Å². The molecule has 0 aliphatic rings. The third-order valence-electron chi connectivity index (χ3n) is 8.06. The second kappa shape index (κ2) is 12.5. The van der Waals surface area contributed by atoms with E-state index >= 15 is 0 Å². The number of nitrogens with zero attached hydrogens (tertiary/aromatic N) is 2. The molecule has 0 unspecified atom stereocenters. The van der Waals surface area contributed by atoms with Crippen LogP contribution in [0.15, 0.2) is 108 Å². The van der Waals surface area contributed by atoms with Crippen molar-refractivity contribution in [3.8, 4) is 11.3 Å². The summed E-state index contributed by atoms with van der Waals surface area (Å²) >= 11 is 1.54. The van der Waals surface area contributed by atoms with Crippen molar-refractivity contribution in [1.29, 1.82) is 0 Å². The molecule has 0 saturated carbocycles. The summed E-state index contributed by atoms with van der Waals surface area (Å²) in [5.41, 5.74) is 2.38. The average molecular weight is 828 g/mol. The van der Waals surface area contributed by atoms with Gasteiger partial charge in [-0.3, -0.25) is 4.39 Å². The zero-order valence-electron chi connectivity index (χ0n) is 31.2. The number of furan rings is 1. The molecule has 0 N–H and O–H groups in total. The van der Waals surface area contributed by atoms with Gasteiger partial charge < -0.3 is 14.4 Å². The number of fused-ring (bicyclic) bond motifs is 9. The summed E-state index contributed by atoms with van der Waals surface area (Å²) in [5.74, 6) is -0.246. The van der Waals surface area contributed by atoms with Crippen LogP contribution >= 0.6 is 11.3 Å². The monoisotopic (exact) mass is 828 g/mol. The van der Waals surface area contributed by atoms with E-state index < -0.39 is 18.6 Å². The van der Waals surface area contributed by atoms with Gasteiger partial charge in [-0.1, -0.05) is 96.6 Å². The first-order chi connectivity index (χ1) is 24.7. The van der Waals surface area contributed by atoms with Gasteiger partial charge >= 0.3 is 0 Å². The number of hydrogen-bond acceptors (Lipinski definition) is 4. The summed E-state index contributed by atoms with van der Waals surface area (Å²) in [5, 5.41) is 7.27. The molecule has 9 rings (SSSR count). The minimum atomic E-state index is -2.50. The molecule has 0 amide bonds. The Morgan fingerprint density at radius 1 is 0.875 bits per heavy atom. The van der Waals surface area contributed by atoms with Gasteiger partial charge in [-0.25, -0.2) is 0 Å². The molecule has 239 valence electrons. The van der Waals surface area contributed by atoms with Crippen molar-refractivity contribution >= 4 is 75.1 Å². The second-order valence-corrected chi connectivity index (χ2v) is 13.6. The molecule has 0 saturated heterocycles. The maximum atomic E-state index is 12.9. The van der Waals surface area contributed by atoms with Crippen LogP contribution in [0.3, 0.4) is 0 Å². The zero-order chi connectivity index (χ0) is 36.6. The van der Waals surface area contributed by atoms with Crippen LogP contribution in [0, 0.1) is 30.2 Å². The van der Waals surface area contributed by atoms with Crippen LogP contribution < -0.4 is 0 Å². The van der Waals surface area contributed by atoms with E-state index in [1.54, 1.807) is 50.4 Å². The van der Waals surface area contributed by atoms with Crippen molar-refractivity contribution in [2.75, 3.05) is 0 Å². The number of thiophene rings is 1. The van der Waals surface area contributed by atoms with Gasteiger partial charge in [0, 0.05) is 60.8 Å². The SMILES string of the molecule is Fc1c[c-]c2c(c1)sc1cccnc12.[2H]C([2H])([2H])c1cnc(-c2[c-]ccc3c2oc2cc4c(ccc5ccccc54)cc23)cc1C([2H])([2H])C(C)(C)C.[Ir]. The molecule has 3 nitrogen and oxygen atoms in total. The average Bonchev–Trinajstić information content (AvgIpc) is 3.67. The largest absolute Gasteiger partial charge is 0.501 e. The first-order valence-electron chi connectivity index (χ1n) is 17.7. The predicted octanol–water partition coefficient (Wildman–Crippen LogP) is 12.0. The molecular weight excluding hydrogens is 792 g/mol. The van der Waals surface area contributed by atoms with Gasteiger partial charge in [-0.2, -0.15) is 11.3 Å². The predicted molar refractivity (Wildman–Crippen MR) is 195 cm³/mol. The van der Waals surface area contributed by atoms with E-state index in [9.17, 15) is 4.39 Å². The van der Waals surface area contributed by atoms with Crippen molar-refractivity contribution < 1.29 is 35.8 Å². The van der Waals surface area contributed by atoms with Crippen molar-refractivity contribution in [1.82, 2.24) is 9.97 Å². The van der Waals surface area contributed by atoms with E-state index in [0.29, 0.717) is 16.8 Å². The molecule has 9 aromatic rings. The molecule has 4 heterocycles. The quantitative estimate of drug-likeness (QED) is 0.129. The molecule has 4 aromatic heterocycles. The van der Waals surface area contributed by atoms with Crippen LogP contribution in [-0.2, 0) is 26.5 Å². The number of rotatable bonds is 2. The van der Waals surface area contributed by atoms with Gasteiger partial charge in [0.05, 0.1) is 5.58 Å². The Labute approximate surface area is 302 Å². The van der Waals surface area contributed by atoms with E-state index in [0.717, 1.165) is 58.2 Å². The third kappa shape index (κ3) is 5.90. The van der Waals surface area contributed by atoms with Crippen LogP contribution in [0.2, 0.25) is 0 Å². The fraction of sp³-hybridized carbons (Fsp3) is 0.143. The molecule has 6 heteroatoms. The van der Waals surface area contributed by atoms with Gasteiger partial charge in [0.2, 0.25) is 0 Å². The first-order valence-corrected chi connectivity index (χ1v) is 16.1. The van der Waals surface area contributed by atoms with Crippen LogP contribution in [0.25, 0.3) is 75.0 Å². The number of aryl methyl sites for hydroxylation is 1. The van der Waals surface area contributed by atoms with E-state index in [4.69, 9.17) is 11.3 Å². The number of aromatic nitrogens is 2. The summed E-state index contributed by atoms with van der Waals surface area (Å²) in [4.78, 5) is 8.73. The number of halogens is 1. The summed E-state index contributed by atoms with van der Waals surface area (Å²) in [6.07, 6.45) is 1.09. The van der Waals surface area contributed by atoms with Crippen molar-refractivity contribution in [3.63, 3.8) is 0 Å². The molecule has 0 fully saturated rings. The number of benzene rings is 5. The minimum absolute atomic E-state index is 0. The number of hydrogen-bond donors (Lipinski definition) is 0. The minimum Gasteiger partial charge on any atom is -0.501 e. The fourth-order valence-electron chi connectivity index (χ4n) is 6.03. The smallest absolute Gasteiger partial charge is 0.121 e. The van der Waals surface area contributed by atoms with Crippen molar-refractivity contribution in [2.45, 2.75) is 34.0 Å². The van der Waals surface area contributed by atoms with Crippen molar-refractivity contribution in [2.24, 2.45) is 5.41 Å².